The number of halogens is 2. The minimum atomic E-state index is -0.799. The van der Waals surface area contributed by atoms with Crippen molar-refractivity contribution in [1.82, 2.24) is 25.4 Å². The van der Waals surface area contributed by atoms with Crippen molar-refractivity contribution < 1.29 is 23.1 Å². The van der Waals surface area contributed by atoms with Gasteiger partial charge in [-0.15, -0.1) is 0 Å². The van der Waals surface area contributed by atoms with E-state index in [1.54, 1.807) is 11.9 Å². The summed E-state index contributed by atoms with van der Waals surface area (Å²) in [5, 5.41) is 14.1. The lowest BCUT2D eigenvalue weighted by Gasteiger charge is -2.21. The van der Waals surface area contributed by atoms with E-state index in [4.69, 9.17) is 13.9 Å². The molecule has 1 N–H and O–H groups in total. The van der Waals surface area contributed by atoms with Crippen LogP contribution in [0.2, 0.25) is 0 Å². The fourth-order valence-electron chi connectivity index (χ4n) is 2.55. The van der Waals surface area contributed by atoms with Crippen molar-refractivity contribution in [3.05, 3.63) is 39.0 Å². The molecule has 0 atom stereocenters. The number of likely N-dealkylation sites (N-methyl/N-ethyl adjacent to an activating group) is 1. The van der Waals surface area contributed by atoms with Crippen molar-refractivity contribution in [1.29, 1.82) is 0 Å². The summed E-state index contributed by atoms with van der Waals surface area (Å²) in [6.45, 7) is 5.82. The van der Waals surface area contributed by atoms with Crippen LogP contribution in [0.25, 0.3) is 17.2 Å². The smallest absolute Gasteiger partial charge is 0.446 e. The molecule has 0 aliphatic rings. The average Bonchev–Trinajstić information content (AvgIpc) is 3.29. The van der Waals surface area contributed by atoms with Gasteiger partial charge in [-0.25, -0.2) is 23.2 Å². The second-order valence-corrected chi connectivity index (χ2v) is 8.43. The van der Waals surface area contributed by atoms with Gasteiger partial charge in [-0.2, -0.15) is 0 Å². The van der Waals surface area contributed by atoms with Crippen LogP contribution in [0.15, 0.2) is 36.6 Å². The Balaban J connectivity index is 1.80. The van der Waals surface area contributed by atoms with E-state index in [0.717, 1.165) is 4.57 Å². The second kappa shape index (κ2) is 8.88. The normalized spacial score (nSPS) is 11.4. The molecule has 0 radical (unpaired) electrons. The molecule has 0 bridgehead atoms. The number of hydrogen-bond acceptors (Lipinski definition) is 9. The van der Waals surface area contributed by atoms with Gasteiger partial charge in [0.1, 0.15) is 12.4 Å². The highest BCUT2D eigenvalue weighted by molar-refractivity contribution is 9.10. The number of benzene rings is 1. The van der Waals surface area contributed by atoms with Crippen LogP contribution >= 0.6 is 15.9 Å². The molecule has 0 aliphatic heterocycles. The summed E-state index contributed by atoms with van der Waals surface area (Å²) in [7, 11) is 1.67. The van der Waals surface area contributed by atoms with Crippen molar-refractivity contribution in [3.8, 4) is 17.2 Å². The van der Waals surface area contributed by atoms with Crippen molar-refractivity contribution >= 4 is 27.8 Å². The summed E-state index contributed by atoms with van der Waals surface area (Å²) < 4.78 is 29.6. The molecule has 0 aliphatic carbocycles. The zero-order chi connectivity index (χ0) is 22.8. The Morgan fingerprint density at radius 2 is 2.06 bits per heavy atom. The molecule has 13 heteroatoms. The first-order valence-corrected chi connectivity index (χ1v) is 9.89. The Bertz CT molecular complexity index is 1140. The number of ether oxygens (including phenoxy) is 1. The van der Waals surface area contributed by atoms with Gasteiger partial charge in [0, 0.05) is 12.6 Å². The third-order valence-electron chi connectivity index (χ3n) is 3.95. The molecule has 0 spiro atoms. The predicted octanol–water partition coefficient (Wildman–Crippen LogP) is 2.74. The van der Waals surface area contributed by atoms with E-state index in [9.17, 15) is 14.0 Å². The summed E-state index contributed by atoms with van der Waals surface area (Å²) in [5.74, 6) is -1.04. The molecule has 1 aromatic carbocycles. The zero-order valence-corrected chi connectivity index (χ0v) is 18.8. The van der Waals surface area contributed by atoms with E-state index in [2.05, 4.69) is 36.7 Å². The summed E-state index contributed by atoms with van der Waals surface area (Å²) >= 11 is 3.08. The lowest BCUT2D eigenvalue weighted by Crippen LogP contribution is -2.41. The maximum absolute atomic E-state index is 13.6. The summed E-state index contributed by atoms with van der Waals surface area (Å²) in [5.41, 5.74) is -0.000675. The lowest BCUT2D eigenvalue weighted by atomic mass is 10.1. The summed E-state index contributed by atoms with van der Waals surface area (Å²) in [6, 6.07) is 3.98. The third kappa shape index (κ3) is 5.29. The van der Waals surface area contributed by atoms with Crippen LogP contribution in [-0.2, 0) is 4.74 Å². The van der Waals surface area contributed by atoms with Crippen LogP contribution in [0.4, 0.5) is 15.0 Å². The molecular formula is C18H20BrFN6O5. The minimum Gasteiger partial charge on any atom is -0.448 e. The minimum absolute atomic E-state index is 0.0120. The summed E-state index contributed by atoms with van der Waals surface area (Å²) in [4.78, 5) is 25.6. The van der Waals surface area contributed by atoms with Crippen LogP contribution in [0.3, 0.4) is 0 Å². The van der Waals surface area contributed by atoms with E-state index in [1.807, 2.05) is 20.8 Å². The number of aromatic nitrogens is 4. The Hall–Kier alpha value is -3.22. The monoisotopic (exact) mass is 498 g/mol. The van der Waals surface area contributed by atoms with Gasteiger partial charge >= 0.3 is 11.8 Å². The number of nitrogens with one attached hydrogen (secondary N) is 1. The average molecular weight is 499 g/mol. The molecule has 0 saturated heterocycles. The van der Waals surface area contributed by atoms with E-state index < -0.39 is 23.2 Å². The van der Waals surface area contributed by atoms with Gasteiger partial charge in [0.05, 0.1) is 16.7 Å². The standard InChI is InChI=1S/C18H20BrFN6O5/c1-18(2,3)21-16(27)29-8-7-25(4)14-13(22-31-24-14)15-23-30-17(28)26(15)10-5-6-12(20)11(19)9-10/h5-6,9H,7-8H2,1-4H3,(H,21,27). The van der Waals surface area contributed by atoms with Crippen molar-refractivity contribution in [3.63, 3.8) is 0 Å². The Labute approximate surface area is 184 Å². The summed E-state index contributed by atoms with van der Waals surface area (Å²) in [6.07, 6.45) is -0.549. The number of carbonyl (C=O) groups is 1. The van der Waals surface area contributed by atoms with Crippen molar-refractivity contribution in [2.45, 2.75) is 26.3 Å². The highest BCUT2D eigenvalue weighted by atomic mass is 79.9. The molecule has 11 nitrogen and oxygen atoms in total. The number of carbonyl (C=O) groups excluding carboxylic acids is 1. The second-order valence-electron chi connectivity index (χ2n) is 7.57. The van der Waals surface area contributed by atoms with E-state index in [1.165, 1.54) is 18.2 Å². The number of nitrogens with zero attached hydrogens (tertiary/aromatic N) is 5. The first-order valence-electron chi connectivity index (χ1n) is 9.10. The van der Waals surface area contributed by atoms with Gasteiger partial charge in [0.15, 0.2) is 5.69 Å². The third-order valence-corrected chi connectivity index (χ3v) is 4.56. The number of hydrogen-bond donors (Lipinski definition) is 1. The maximum Gasteiger partial charge on any atom is 0.446 e. The van der Waals surface area contributed by atoms with Crippen LogP contribution < -0.4 is 16.0 Å². The molecule has 0 fully saturated rings. The first kappa shape index (κ1) is 22.5. The van der Waals surface area contributed by atoms with Crippen LogP contribution in [0.5, 0.6) is 0 Å². The molecule has 1 amide bonds. The van der Waals surface area contributed by atoms with Gasteiger partial charge in [0.25, 0.3) is 0 Å². The van der Waals surface area contributed by atoms with Crippen LogP contribution in [0, 0.1) is 5.82 Å². The molecule has 3 rings (SSSR count). The van der Waals surface area contributed by atoms with E-state index >= 15 is 0 Å². The lowest BCUT2D eigenvalue weighted by molar-refractivity contribution is 0.140. The van der Waals surface area contributed by atoms with E-state index in [-0.39, 0.29) is 35.0 Å². The molecule has 3 aromatic rings. The number of anilines is 1. The Morgan fingerprint density at radius 1 is 1.32 bits per heavy atom. The Kier molecular flexibility index (Phi) is 6.43. The number of alkyl carbamates (subject to hydrolysis) is 1. The molecule has 2 heterocycles. The fourth-order valence-corrected chi connectivity index (χ4v) is 2.92. The fraction of sp³-hybridized carbons (Fsp3) is 0.389. The highest BCUT2D eigenvalue weighted by Gasteiger charge is 2.25. The molecule has 0 unspecified atom stereocenters. The zero-order valence-electron chi connectivity index (χ0n) is 17.2. The predicted molar refractivity (Wildman–Crippen MR) is 111 cm³/mol. The molecule has 166 valence electrons. The van der Waals surface area contributed by atoms with Gasteiger partial charge < -0.3 is 15.0 Å². The maximum atomic E-state index is 13.6. The molecule has 31 heavy (non-hydrogen) atoms. The van der Waals surface area contributed by atoms with Crippen molar-refractivity contribution in [2.75, 3.05) is 25.1 Å². The first-order chi connectivity index (χ1) is 14.6. The van der Waals surface area contributed by atoms with Gasteiger partial charge in [-0.05, 0) is 65.2 Å². The quantitative estimate of drug-likeness (QED) is 0.544. The van der Waals surface area contributed by atoms with Gasteiger partial charge in [-0.3, -0.25) is 4.52 Å². The SMILES string of the molecule is CN(CCOC(=O)NC(C)(C)C)c1nonc1-c1noc(=O)n1-c1ccc(F)c(Br)c1. The largest absolute Gasteiger partial charge is 0.448 e. The highest BCUT2D eigenvalue weighted by Crippen LogP contribution is 2.27. The van der Waals surface area contributed by atoms with Crippen molar-refractivity contribution in [2.24, 2.45) is 0 Å². The molecule has 2 aromatic heterocycles. The Morgan fingerprint density at radius 3 is 2.74 bits per heavy atom. The van der Waals surface area contributed by atoms with Gasteiger partial charge in [0.2, 0.25) is 11.6 Å². The van der Waals surface area contributed by atoms with Crippen LogP contribution in [-0.4, -0.2) is 51.9 Å². The number of amides is 1. The van der Waals surface area contributed by atoms with Crippen LogP contribution in [0.1, 0.15) is 20.8 Å². The van der Waals surface area contributed by atoms with Gasteiger partial charge in [-0.1, -0.05) is 5.16 Å². The topological polar surface area (TPSA) is 129 Å². The molecular weight excluding hydrogens is 479 g/mol. The van der Waals surface area contributed by atoms with E-state index in [0.29, 0.717) is 5.69 Å². The molecule has 0 saturated carbocycles. The number of rotatable bonds is 6.